The zero-order valence-corrected chi connectivity index (χ0v) is 17.5. The molecule has 2 rings (SSSR count). The normalized spacial score (nSPS) is 11.3. The Labute approximate surface area is 167 Å². The van der Waals surface area contributed by atoms with Gasteiger partial charge in [0, 0.05) is 14.1 Å². The van der Waals surface area contributed by atoms with Gasteiger partial charge in [0.15, 0.2) is 0 Å². The smallest absolute Gasteiger partial charge is 0.304 e. The quantitative estimate of drug-likeness (QED) is 0.648. The summed E-state index contributed by atoms with van der Waals surface area (Å²) in [5.74, 6) is 0.370. The topological polar surface area (TPSA) is 79.0 Å². The lowest BCUT2D eigenvalue weighted by atomic mass is 10.1. The van der Waals surface area contributed by atoms with Crippen molar-refractivity contribution in [3.05, 3.63) is 59.7 Å². The maximum Gasteiger partial charge on any atom is 0.304 e. The van der Waals surface area contributed by atoms with Gasteiger partial charge in [0.2, 0.25) is 5.91 Å². The average Bonchev–Trinajstić information content (AvgIpc) is 2.66. The van der Waals surface area contributed by atoms with Crippen LogP contribution in [0.5, 0.6) is 5.75 Å². The van der Waals surface area contributed by atoms with E-state index in [1.54, 1.807) is 30.3 Å². The average molecular weight is 406 g/mol. The van der Waals surface area contributed by atoms with Crippen molar-refractivity contribution in [1.82, 2.24) is 9.62 Å². The lowest BCUT2D eigenvalue weighted by molar-refractivity contribution is -0.119. The Morgan fingerprint density at radius 2 is 1.75 bits per heavy atom. The maximum atomic E-state index is 12.6. The van der Waals surface area contributed by atoms with Crippen molar-refractivity contribution in [2.75, 3.05) is 38.1 Å². The van der Waals surface area contributed by atoms with Crippen molar-refractivity contribution in [2.45, 2.75) is 13.8 Å². The molecule has 8 heteroatoms. The first-order valence-corrected chi connectivity index (χ1v) is 10.3. The molecule has 0 heterocycles. The first kappa shape index (κ1) is 21.7. The minimum absolute atomic E-state index is 0.275. The predicted octanol–water partition coefficient (Wildman–Crippen LogP) is 2.11. The zero-order valence-electron chi connectivity index (χ0n) is 16.7. The van der Waals surface area contributed by atoms with Gasteiger partial charge in [-0.25, -0.2) is 4.31 Å². The summed E-state index contributed by atoms with van der Waals surface area (Å²) < 4.78 is 33.1. The number of ether oxygens (including phenoxy) is 1. The molecular formula is C20H27N3O4S. The summed E-state index contributed by atoms with van der Waals surface area (Å²) in [4.78, 5) is 12.3. The Morgan fingerprint density at radius 3 is 2.39 bits per heavy atom. The van der Waals surface area contributed by atoms with Crippen LogP contribution >= 0.6 is 0 Å². The molecule has 7 nitrogen and oxygen atoms in total. The van der Waals surface area contributed by atoms with E-state index < -0.39 is 16.1 Å². The number of carbonyl (C=O) groups excluding carboxylic acids is 1. The number of para-hydroxylation sites is 1. The van der Waals surface area contributed by atoms with Crippen molar-refractivity contribution in [1.29, 1.82) is 0 Å². The van der Waals surface area contributed by atoms with Crippen molar-refractivity contribution >= 4 is 21.8 Å². The molecule has 0 aliphatic carbocycles. The highest BCUT2D eigenvalue weighted by Crippen LogP contribution is 2.19. The monoisotopic (exact) mass is 405 g/mol. The van der Waals surface area contributed by atoms with E-state index >= 15 is 0 Å². The van der Waals surface area contributed by atoms with Gasteiger partial charge >= 0.3 is 10.2 Å². The van der Waals surface area contributed by atoms with E-state index in [-0.39, 0.29) is 13.1 Å². The molecule has 0 radical (unpaired) electrons. The molecule has 0 atom stereocenters. The maximum absolute atomic E-state index is 12.6. The highest BCUT2D eigenvalue weighted by Gasteiger charge is 2.26. The first-order chi connectivity index (χ1) is 13.2. The molecule has 0 spiro atoms. The summed E-state index contributed by atoms with van der Waals surface area (Å²) in [5.41, 5.74) is 2.54. The molecule has 0 aromatic heterocycles. The molecule has 0 aliphatic rings. The highest BCUT2D eigenvalue weighted by atomic mass is 32.2. The molecule has 1 amide bonds. The van der Waals surface area contributed by atoms with E-state index in [4.69, 9.17) is 4.74 Å². The molecule has 0 aliphatic heterocycles. The SMILES string of the molecule is Cc1ccc(C)c(OCCNC(=O)CN(c2ccccc2)S(=O)(=O)N(C)C)c1. The van der Waals surface area contributed by atoms with Gasteiger partial charge in [-0.3, -0.25) is 4.79 Å². The van der Waals surface area contributed by atoms with Gasteiger partial charge in [0.05, 0.1) is 12.2 Å². The summed E-state index contributed by atoms with van der Waals surface area (Å²) >= 11 is 0. The van der Waals surface area contributed by atoms with Gasteiger partial charge in [0.1, 0.15) is 18.9 Å². The van der Waals surface area contributed by atoms with Crippen molar-refractivity contribution < 1.29 is 17.9 Å². The minimum Gasteiger partial charge on any atom is -0.491 e. The summed E-state index contributed by atoms with van der Waals surface area (Å²) in [6.45, 7) is 4.20. The van der Waals surface area contributed by atoms with E-state index in [1.165, 1.54) is 14.1 Å². The van der Waals surface area contributed by atoms with Gasteiger partial charge in [0.25, 0.3) is 0 Å². The molecule has 2 aromatic rings. The number of hydrogen-bond acceptors (Lipinski definition) is 4. The van der Waals surface area contributed by atoms with Crippen molar-refractivity contribution in [2.24, 2.45) is 0 Å². The summed E-state index contributed by atoms with van der Waals surface area (Å²) in [5, 5.41) is 2.71. The number of amides is 1. The Kier molecular flexibility index (Phi) is 7.42. The first-order valence-electron chi connectivity index (χ1n) is 8.94. The third-order valence-electron chi connectivity index (χ3n) is 4.10. The van der Waals surface area contributed by atoms with Crippen molar-refractivity contribution in [3.8, 4) is 5.75 Å². The second kappa shape index (κ2) is 9.57. The number of nitrogens with zero attached hydrogens (tertiary/aromatic N) is 2. The minimum atomic E-state index is -3.80. The predicted molar refractivity (Wildman–Crippen MR) is 111 cm³/mol. The van der Waals surface area contributed by atoms with Crippen LogP contribution in [-0.2, 0) is 15.0 Å². The van der Waals surface area contributed by atoms with E-state index in [2.05, 4.69) is 5.32 Å². The molecule has 2 aromatic carbocycles. The Balaban J connectivity index is 1.96. The Hall–Kier alpha value is -2.58. The number of carbonyl (C=O) groups is 1. The number of hydrogen-bond donors (Lipinski definition) is 1. The molecule has 0 unspecified atom stereocenters. The van der Waals surface area contributed by atoms with E-state index in [0.717, 1.165) is 25.5 Å². The number of aryl methyl sites for hydroxylation is 2. The third kappa shape index (κ3) is 5.71. The fraction of sp³-hybridized carbons (Fsp3) is 0.350. The van der Waals surface area contributed by atoms with E-state index in [1.807, 2.05) is 32.0 Å². The Bertz CT molecular complexity index is 899. The lowest BCUT2D eigenvalue weighted by Crippen LogP contribution is -2.46. The molecular weight excluding hydrogens is 378 g/mol. The fourth-order valence-corrected chi connectivity index (χ4v) is 3.56. The fourth-order valence-electron chi connectivity index (χ4n) is 2.50. The van der Waals surface area contributed by atoms with Gasteiger partial charge in [-0.1, -0.05) is 30.3 Å². The number of rotatable bonds is 9. The van der Waals surface area contributed by atoms with E-state index in [9.17, 15) is 13.2 Å². The van der Waals surface area contributed by atoms with Crippen LogP contribution in [0.25, 0.3) is 0 Å². The standard InChI is InChI=1S/C20H27N3O4S/c1-16-10-11-17(2)19(14-16)27-13-12-21-20(24)15-23(28(25,26)22(3)4)18-8-6-5-7-9-18/h5-11,14H,12-13,15H2,1-4H3,(H,21,24). The van der Waals surface area contributed by atoms with Crippen LogP contribution in [0.3, 0.4) is 0 Å². The van der Waals surface area contributed by atoms with Gasteiger partial charge in [-0.05, 0) is 43.2 Å². The van der Waals surface area contributed by atoms with Crippen LogP contribution in [0.1, 0.15) is 11.1 Å². The number of benzene rings is 2. The largest absolute Gasteiger partial charge is 0.491 e. The second-order valence-corrected chi connectivity index (χ2v) is 8.67. The van der Waals surface area contributed by atoms with Gasteiger partial charge in [-0.2, -0.15) is 12.7 Å². The lowest BCUT2D eigenvalue weighted by Gasteiger charge is -2.26. The van der Waals surface area contributed by atoms with Crippen LogP contribution in [0.15, 0.2) is 48.5 Å². The van der Waals surface area contributed by atoms with Crippen molar-refractivity contribution in [3.63, 3.8) is 0 Å². The van der Waals surface area contributed by atoms with E-state index in [0.29, 0.717) is 12.3 Å². The molecule has 28 heavy (non-hydrogen) atoms. The van der Waals surface area contributed by atoms with Crippen LogP contribution < -0.4 is 14.4 Å². The number of anilines is 1. The van der Waals surface area contributed by atoms with Crippen LogP contribution in [0.4, 0.5) is 5.69 Å². The molecule has 0 fully saturated rings. The molecule has 1 N–H and O–H groups in total. The summed E-state index contributed by atoms with van der Waals surface area (Å²) in [7, 11) is -0.933. The Morgan fingerprint density at radius 1 is 1.07 bits per heavy atom. The second-order valence-electron chi connectivity index (χ2n) is 6.60. The van der Waals surface area contributed by atoms with Gasteiger partial charge < -0.3 is 10.1 Å². The summed E-state index contributed by atoms with van der Waals surface area (Å²) in [6, 6.07) is 14.5. The van der Waals surface area contributed by atoms with Crippen LogP contribution in [-0.4, -0.2) is 52.4 Å². The molecule has 0 bridgehead atoms. The summed E-state index contributed by atoms with van der Waals surface area (Å²) in [6.07, 6.45) is 0. The molecule has 0 saturated carbocycles. The van der Waals surface area contributed by atoms with Crippen LogP contribution in [0.2, 0.25) is 0 Å². The molecule has 152 valence electrons. The van der Waals surface area contributed by atoms with Crippen LogP contribution in [0, 0.1) is 13.8 Å². The zero-order chi connectivity index (χ0) is 20.7. The molecule has 0 saturated heterocycles. The number of nitrogens with one attached hydrogen (secondary N) is 1. The highest BCUT2D eigenvalue weighted by molar-refractivity contribution is 7.90. The van der Waals surface area contributed by atoms with Gasteiger partial charge in [-0.15, -0.1) is 0 Å². The third-order valence-corrected chi connectivity index (χ3v) is 5.92.